The topological polar surface area (TPSA) is 29.1 Å². The van der Waals surface area contributed by atoms with Crippen molar-refractivity contribution in [2.45, 2.75) is 24.9 Å². The molecule has 2 rings (SSSR count). The van der Waals surface area contributed by atoms with Crippen molar-refractivity contribution in [2.75, 3.05) is 13.1 Å². The number of carbonyl (C=O) groups is 1. The molecule has 0 unspecified atom stereocenters. The van der Waals surface area contributed by atoms with E-state index in [1.54, 1.807) is 12.1 Å². The summed E-state index contributed by atoms with van der Waals surface area (Å²) in [5.41, 5.74) is -1.51. The number of halogens is 3. The van der Waals surface area contributed by atoms with Crippen molar-refractivity contribution >= 4 is 18.2 Å². The van der Waals surface area contributed by atoms with E-state index in [2.05, 4.69) is 5.32 Å². The molecular formula is C13H16ClF2NO. The molecule has 0 bridgehead atoms. The highest BCUT2D eigenvalue weighted by molar-refractivity contribution is 5.89. The first-order valence-corrected chi connectivity index (χ1v) is 5.78. The Hall–Kier alpha value is -1.00. The second-order valence-electron chi connectivity index (χ2n) is 4.41. The third kappa shape index (κ3) is 3.27. The van der Waals surface area contributed by atoms with E-state index in [0.29, 0.717) is 13.1 Å². The van der Waals surface area contributed by atoms with E-state index in [-0.39, 0.29) is 37.2 Å². The number of alkyl halides is 1. The molecule has 1 aromatic carbocycles. The number of hydrogen-bond acceptors (Lipinski definition) is 2. The molecule has 0 aromatic heterocycles. The zero-order chi connectivity index (χ0) is 12.3. The molecule has 0 atom stereocenters. The fourth-order valence-electron chi connectivity index (χ4n) is 2.08. The molecule has 0 spiro atoms. The number of ketones is 1. The van der Waals surface area contributed by atoms with Crippen molar-refractivity contribution < 1.29 is 13.6 Å². The molecule has 2 nitrogen and oxygen atoms in total. The molecule has 5 heteroatoms. The maximum absolute atomic E-state index is 14.3. The Bertz CT molecular complexity index is 419. The number of Topliss-reactive ketones (excluding diaryl/α,β-unsaturated/α-hetero) is 1. The van der Waals surface area contributed by atoms with Crippen LogP contribution in [0.2, 0.25) is 0 Å². The molecule has 0 saturated carbocycles. The van der Waals surface area contributed by atoms with Crippen LogP contribution < -0.4 is 5.32 Å². The largest absolute Gasteiger partial charge is 0.316 e. The van der Waals surface area contributed by atoms with E-state index in [1.807, 2.05) is 0 Å². The van der Waals surface area contributed by atoms with Gasteiger partial charge in [0.25, 0.3) is 0 Å². The van der Waals surface area contributed by atoms with Gasteiger partial charge < -0.3 is 5.32 Å². The third-order valence-corrected chi connectivity index (χ3v) is 3.20. The lowest BCUT2D eigenvalue weighted by Gasteiger charge is -2.28. The van der Waals surface area contributed by atoms with E-state index in [1.165, 1.54) is 12.1 Å². The van der Waals surface area contributed by atoms with E-state index < -0.39 is 17.3 Å². The molecule has 0 amide bonds. The maximum Gasteiger partial charge on any atom is 0.174 e. The van der Waals surface area contributed by atoms with Gasteiger partial charge in [-0.25, -0.2) is 8.78 Å². The monoisotopic (exact) mass is 275 g/mol. The van der Waals surface area contributed by atoms with Gasteiger partial charge in [-0.15, -0.1) is 12.4 Å². The number of hydrogen-bond donors (Lipinski definition) is 1. The molecule has 1 fully saturated rings. The van der Waals surface area contributed by atoms with Crippen molar-refractivity contribution in [3.05, 3.63) is 35.6 Å². The Labute approximate surface area is 111 Å². The van der Waals surface area contributed by atoms with Gasteiger partial charge in [-0.1, -0.05) is 18.2 Å². The quantitative estimate of drug-likeness (QED) is 0.918. The van der Waals surface area contributed by atoms with Gasteiger partial charge in [-0.3, -0.25) is 4.79 Å². The third-order valence-electron chi connectivity index (χ3n) is 3.20. The minimum atomic E-state index is -1.78. The number of benzene rings is 1. The molecule has 0 aliphatic carbocycles. The average Bonchev–Trinajstić information content (AvgIpc) is 2.33. The summed E-state index contributed by atoms with van der Waals surface area (Å²) in [5.74, 6) is -0.956. The summed E-state index contributed by atoms with van der Waals surface area (Å²) >= 11 is 0. The van der Waals surface area contributed by atoms with E-state index in [9.17, 15) is 13.6 Å². The molecule has 100 valence electrons. The van der Waals surface area contributed by atoms with Gasteiger partial charge in [0.15, 0.2) is 11.5 Å². The van der Waals surface area contributed by atoms with Crippen LogP contribution in [0.5, 0.6) is 0 Å². The second-order valence-corrected chi connectivity index (χ2v) is 4.41. The zero-order valence-electron chi connectivity index (χ0n) is 9.92. The Kier molecular flexibility index (Phi) is 5.23. The highest BCUT2D eigenvalue weighted by Crippen LogP contribution is 2.26. The Balaban J connectivity index is 0.00000162. The van der Waals surface area contributed by atoms with E-state index >= 15 is 0 Å². The second kappa shape index (κ2) is 6.25. The molecule has 1 saturated heterocycles. The molecule has 1 N–H and O–H groups in total. The van der Waals surface area contributed by atoms with Crippen LogP contribution in [0.1, 0.15) is 18.4 Å². The van der Waals surface area contributed by atoms with Gasteiger partial charge in [0, 0.05) is 19.3 Å². The lowest BCUT2D eigenvalue weighted by Crippen LogP contribution is -2.45. The van der Waals surface area contributed by atoms with Crippen LogP contribution in [0, 0.1) is 5.82 Å². The van der Waals surface area contributed by atoms with Crippen LogP contribution in [0.3, 0.4) is 0 Å². The summed E-state index contributed by atoms with van der Waals surface area (Å²) in [6.07, 6.45) is 0.198. The minimum absolute atomic E-state index is 0. The molecule has 1 aliphatic heterocycles. The highest BCUT2D eigenvalue weighted by Gasteiger charge is 2.39. The van der Waals surface area contributed by atoms with Crippen molar-refractivity contribution in [1.82, 2.24) is 5.32 Å². The minimum Gasteiger partial charge on any atom is -0.316 e. The van der Waals surface area contributed by atoms with Gasteiger partial charge >= 0.3 is 0 Å². The van der Waals surface area contributed by atoms with Crippen molar-refractivity contribution in [3.8, 4) is 0 Å². The molecule has 1 aliphatic rings. The van der Waals surface area contributed by atoms with Crippen LogP contribution >= 0.6 is 12.4 Å². The van der Waals surface area contributed by atoms with Crippen molar-refractivity contribution in [2.24, 2.45) is 0 Å². The molecule has 0 radical (unpaired) electrons. The fraction of sp³-hybridized carbons (Fsp3) is 0.462. The fourth-order valence-corrected chi connectivity index (χ4v) is 2.08. The zero-order valence-corrected chi connectivity index (χ0v) is 10.7. The maximum atomic E-state index is 14.3. The van der Waals surface area contributed by atoms with Crippen molar-refractivity contribution in [1.29, 1.82) is 0 Å². The smallest absolute Gasteiger partial charge is 0.174 e. The number of rotatable bonds is 3. The van der Waals surface area contributed by atoms with Gasteiger partial charge in [0.05, 0.1) is 0 Å². The van der Waals surface area contributed by atoms with Crippen LogP contribution in [0.15, 0.2) is 24.3 Å². The summed E-state index contributed by atoms with van der Waals surface area (Å²) in [6, 6.07) is 6.02. The summed E-state index contributed by atoms with van der Waals surface area (Å²) in [4.78, 5) is 11.9. The van der Waals surface area contributed by atoms with Gasteiger partial charge in [-0.05, 0) is 24.7 Å². The average molecular weight is 276 g/mol. The molecule has 1 aromatic rings. The Morgan fingerprint density at radius 2 is 1.89 bits per heavy atom. The van der Waals surface area contributed by atoms with Crippen LogP contribution in [-0.4, -0.2) is 24.5 Å². The van der Waals surface area contributed by atoms with Crippen LogP contribution in [0.25, 0.3) is 0 Å². The molecular weight excluding hydrogens is 260 g/mol. The van der Waals surface area contributed by atoms with E-state index in [4.69, 9.17) is 0 Å². The normalized spacial score (nSPS) is 17.9. The SMILES string of the molecule is Cl.O=C(Cc1ccccc1F)C1(F)CCNCC1. The Morgan fingerprint density at radius 1 is 1.28 bits per heavy atom. The highest BCUT2D eigenvalue weighted by atomic mass is 35.5. The summed E-state index contributed by atoms with van der Waals surface area (Å²) < 4.78 is 27.6. The summed E-state index contributed by atoms with van der Waals surface area (Å²) in [5, 5.41) is 3.00. The van der Waals surface area contributed by atoms with Gasteiger partial charge in [-0.2, -0.15) is 0 Å². The number of nitrogens with one attached hydrogen (secondary N) is 1. The molecule has 18 heavy (non-hydrogen) atoms. The summed E-state index contributed by atoms with van der Waals surface area (Å²) in [7, 11) is 0. The Morgan fingerprint density at radius 3 is 2.50 bits per heavy atom. The van der Waals surface area contributed by atoms with Crippen LogP contribution in [0.4, 0.5) is 8.78 Å². The van der Waals surface area contributed by atoms with Gasteiger partial charge in [0.1, 0.15) is 5.82 Å². The lowest BCUT2D eigenvalue weighted by molar-refractivity contribution is -0.131. The predicted octanol–water partition coefficient (Wildman–Crippen LogP) is 2.45. The first-order valence-electron chi connectivity index (χ1n) is 5.78. The van der Waals surface area contributed by atoms with Crippen molar-refractivity contribution in [3.63, 3.8) is 0 Å². The van der Waals surface area contributed by atoms with Crippen LogP contribution in [-0.2, 0) is 11.2 Å². The first kappa shape index (κ1) is 15.1. The van der Waals surface area contributed by atoms with Gasteiger partial charge in [0.2, 0.25) is 0 Å². The number of carbonyl (C=O) groups excluding carboxylic acids is 1. The molecule has 1 heterocycles. The predicted molar refractivity (Wildman–Crippen MR) is 68.3 cm³/mol. The lowest BCUT2D eigenvalue weighted by atomic mass is 9.87. The number of piperidine rings is 1. The van der Waals surface area contributed by atoms with E-state index in [0.717, 1.165) is 0 Å². The standard InChI is InChI=1S/C13H15F2NO.ClH/c14-11-4-2-1-3-10(11)9-12(17)13(15)5-7-16-8-6-13;/h1-4,16H,5-9H2;1H. The first-order chi connectivity index (χ1) is 8.12. The summed E-state index contributed by atoms with van der Waals surface area (Å²) in [6.45, 7) is 0.999.